The van der Waals surface area contributed by atoms with Crippen LogP contribution in [0.4, 0.5) is 4.39 Å². The molecule has 1 aromatic rings. The standard InChI is InChI=1S/C14H16FNO2/c1-9-2-5-11(15)6-12(9)13(17)16-7-14(18,8-16)10-3-4-10/h2,5-6,10,18H,3-4,7-8H2,1H3. The van der Waals surface area contributed by atoms with E-state index in [0.29, 0.717) is 24.6 Å². The molecule has 3 nitrogen and oxygen atoms in total. The van der Waals surface area contributed by atoms with Crippen LogP contribution in [-0.4, -0.2) is 34.6 Å². The Labute approximate surface area is 105 Å². The topological polar surface area (TPSA) is 40.5 Å². The first kappa shape index (κ1) is 11.7. The molecule has 0 atom stereocenters. The van der Waals surface area contributed by atoms with Crippen molar-refractivity contribution in [1.29, 1.82) is 0 Å². The molecule has 4 heteroatoms. The van der Waals surface area contributed by atoms with Crippen molar-refractivity contribution in [2.75, 3.05) is 13.1 Å². The zero-order valence-electron chi connectivity index (χ0n) is 10.3. The lowest BCUT2D eigenvalue weighted by atomic mass is 9.88. The quantitative estimate of drug-likeness (QED) is 0.867. The number of β-amino-alcohol motifs (C(OH)–C–C–N with tert-alkyl or cyclic N) is 1. The number of amides is 1. The fraction of sp³-hybridized carbons (Fsp3) is 0.500. The highest BCUT2D eigenvalue weighted by atomic mass is 19.1. The van der Waals surface area contributed by atoms with Gasteiger partial charge in [0.25, 0.3) is 5.91 Å². The van der Waals surface area contributed by atoms with Crippen LogP contribution in [0.15, 0.2) is 18.2 Å². The van der Waals surface area contributed by atoms with Crippen molar-refractivity contribution in [3.8, 4) is 0 Å². The van der Waals surface area contributed by atoms with E-state index in [2.05, 4.69) is 0 Å². The van der Waals surface area contributed by atoms with Crippen molar-refractivity contribution in [3.05, 3.63) is 35.1 Å². The van der Waals surface area contributed by atoms with Gasteiger partial charge in [-0.1, -0.05) is 6.07 Å². The maximum atomic E-state index is 13.2. The summed E-state index contributed by atoms with van der Waals surface area (Å²) < 4.78 is 13.2. The minimum atomic E-state index is -0.684. The minimum Gasteiger partial charge on any atom is -0.386 e. The number of hydrogen-bond acceptors (Lipinski definition) is 2. The van der Waals surface area contributed by atoms with E-state index >= 15 is 0 Å². The van der Waals surface area contributed by atoms with Crippen molar-refractivity contribution < 1.29 is 14.3 Å². The van der Waals surface area contributed by atoms with Gasteiger partial charge in [-0.3, -0.25) is 4.79 Å². The van der Waals surface area contributed by atoms with Gasteiger partial charge in [0, 0.05) is 5.56 Å². The van der Waals surface area contributed by atoms with E-state index in [1.165, 1.54) is 12.1 Å². The van der Waals surface area contributed by atoms with Gasteiger partial charge in [0.05, 0.1) is 13.1 Å². The maximum absolute atomic E-state index is 13.2. The largest absolute Gasteiger partial charge is 0.386 e. The summed E-state index contributed by atoms with van der Waals surface area (Å²) in [5.41, 5.74) is 0.479. The van der Waals surface area contributed by atoms with Crippen LogP contribution in [0.5, 0.6) is 0 Å². The van der Waals surface area contributed by atoms with Crippen molar-refractivity contribution in [3.63, 3.8) is 0 Å². The predicted molar refractivity (Wildman–Crippen MR) is 64.7 cm³/mol. The van der Waals surface area contributed by atoms with Gasteiger partial charge in [-0.15, -0.1) is 0 Å². The van der Waals surface area contributed by atoms with Gasteiger partial charge in [-0.2, -0.15) is 0 Å². The second-order valence-corrected chi connectivity index (χ2v) is 5.50. The average Bonchev–Trinajstić information content (AvgIpc) is 3.11. The highest BCUT2D eigenvalue weighted by Crippen LogP contribution is 2.44. The average molecular weight is 249 g/mol. The molecule has 1 aromatic carbocycles. The van der Waals surface area contributed by atoms with Crippen LogP contribution in [0.3, 0.4) is 0 Å². The van der Waals surface area contributed by atoms with Crippen LogP contribution in [0.25, 0.3) is 0 Å². The van der Waals surface area contributed by atoms with Crippen LogP contribution in [0, 0.1) is 18.7 Å². The number of halogens is 1. The molecule has 3 rings (SSSR count). The Bertz CT molecular complexity index is 505. The van der Waals surface area contributed by atoms with Crippen molar-refractivity contribution in [2.24, 2.45) is 5.92 Å². The van der Waals surface area contributed by atoms with Gasteiger partial charge >= 0.3 is 0 Å². The molecule has 0 unspecified atom stereocenters. The number of aryl methyl sites for hydroxylation is 1. The van der Waals surface area contributed by atoms with Gasteiger partial charge < -0.3 is 10.0 Å². The molecule has 1 aliphatic heterocycles. The molecule has 0 aromatic heterocycles. The Balaban J connectivity index is 1.74. The Morgan fingerprint density at radius 3 is 2.72 bits per heavy atom. The lowest BCUT2D eigenvalue weighted by molar-refractivity contribution is -0.0958. The smallest absolute Gasteiger partial charge is 0.254 e. The molecule has 1 amide bonds. The third-order valence-corrected chi connectivity index (χ3v) is 3.98. The second kappa shape index (κ2) is 3.79. The molecule has 1 aliphatic carbocycles. The summed E-state index contributed by atoms with van der Waals surface area (Å²) in [5.74, 6) is -0.227. The summed E-state index contributed by atoms with van der Waals surface area (Å²) in [7, 11) is 0. The first-order chi connectivity index (χ1) is 8.49. The number of hydrogen-bond donors (Lipinski definition) is 1. The molecule has 0 bridgehead atoms. The summed E-state index contributed by atoms with van der Waals surface area (Å²) >= 11 is 0. The summed E-state index contributed by atoms with van der Waals surface area (Å²) in [6.45, 7) is 2.55. The Morgan fingerprint density at radius 2 is 2.11 bits per heavy atom. The third-order valence-electron chi connectivity index (χ3n) is 3.98. The van der Waals surface area contributed by atoms with Gasteiger partial charge in [-0.05, 0) is 43.4 Å². The fourth-order valence-electron chi connectivity index (χ4n) is 2.63. The second-order valence-electron chi connectivity index (χ2n) is 5.50. The Hall–Kier alpha value is -1.42. The van der Waals surface area contributed by atoms with E-state index in [1.54, 1.807) is 17.9 Å². The zero-order valence-corrected chi connectivity index (χ0v) is 10.3. The van der Waals surface area contributed by atoms with Crippen molar-refractivity contribution in [1.82, 2.24) is 4.90 Å². The van der Waals surface area contributed by atoms with Crippen LogP contribution in [0.1, 0.15) is 28.8 Å². The first-order valence-corrected chi connectivity index (χ1v) is 6.27. The Kier molecular flexibility index (Phi) is 2.45. The van der Waals surface area contributed by atoms with Gasteiger partial charge in [0.1, 0.15) is 11.4 Å². The van der Waals surface area contributed by atoms with Crippen molar-refractivity contribution >= 4 is 5.91 Å². The first-order valence-electron chi connectivity index (χ1n) is 6.27. The number of nitrogens with zero attached hydrogens (tertiary/aromatic N) is 1. The molecule has 0 spiro atoms. The highest BCUT2D eigenvalue weighted by molar-refractivity contribution is 5.96. The summed E-state index contributed by atoms with van der Waals surface area (Å²) in [6, 6.07) is 4.23. The molecule has 2 fully saturated rings. The highest BCUT2D eigenvalue weighted by Gasteiger charge is 2.53. The zero-order chi connectivity index (χ0) is 12.9. The number of benzene rings is 1. The molecule has 2 aliphatic rings. The summed E-state index contributed by atoms with van der Waals surface area (Å²) in [6.07, 6.45) is 2.11. The van der Waals surface area contributed by atoms with E-state index in [0.717, 1.165) is 18.4 Å². The molecule has 1 heterocycles. The molecule has 0 radical (unpaired) electrons. The van der Waals surface area contributed by atoms with Crippen LogP contribution in [-0.2, 0) is 0 Å². The molecule has 18 heavy (non-hydrogen) atoms. The molecule has 1 N–H and O–H groups in total. The van der Waals surface area contributed by atoms with E-state index in [-0.39, 0.29) is 5.91 Å². The van der Waals surface area contributed by atoms with Crippen molar-refractivity contribution in [2.45, 2.75) is 25.4 Å². The normalized spacial score (nSPS) is 21.6. The monoisotopic (exact) mass is 249 g/mol. The number of carbonyl (C=O) groups excluding carboxylic acids is 1. The van der Waals surface area contributed by atoms with Gasteiger partial charge in [0.2, 0.25) is 0 Å². The van der Waals surface area contributed by atoms with Crippen LogP contribution >= 0.6 is 0 Å². The number of aliphatic hydroxyl groups is 1. The molecular formula is C14H16FNO2. The minimum absolute atomic E-state index is 0.183. The number of rotatable bonds is 2. The predicted octanol–water partition coefficient (Wildman–Crippen LogP) is 1.73. The van der Waals surface area contributed by atoms with Crippen LogP contribution in [0.2, 0.25) is 0 Å². The van der Waals surface area contributed by atoms with Gasteiger partial charge in [-0.25, -0.2) is 4.39 Å². The van der Waals surface area contributed by atoms with E-state index in [1.807, 2.05) is 0 Å². The number of carbonyl (C=O) groups is 1. The number of likely N-dealkylation sites (tertiary alicyclic amines) is 1. The lowest BCUT2D eigenvalue weighted by Crippen LogP contribution is -2.64. The molecular weight excluding hydrogens is 233 g/mol. The summed E-state index contributed by atoms with van der Waals surface area (Å²) in [5, 5.41) is 10.2. The van der Waals surface area contributed by atoms with E-state index < -0.39 is 11.4 Å². The van der Waals surface area contributed by atoms with Gasteiger partial charge in [0.15, 0.2) is 0 Å². The molecule has 1 saturated carbocycles. The molecule has 96 valence electrons. The van der Waals surface area contributed by atoms with E-state index in [9.17, 15) is 14.3 Å². The summed E-state index contributed by atoms with van der Waals surface area (Å²) in [4.78, 5) is 13.8. The third kappa shape index (κ3) is 1.81. The lowest BCUT2D eigenvalue weighted by Gasteiger charge is -2.47. The van der Waals surface area contributed by atoms with E-state index in [4.69, 9.17) is 0 Å². The molecule has 1 saturated heterocycles. The fourth-order valence-corrected chi connectivity index (χ4v) is 2.63. The maximum Gasteiger partial charge on any atom is 0.254 e. The SMILES string of the molecule is Cc1ccc(F)cc1C(=O)N1CC(O)(C2CC2)C1. The van der Waals surface area contributed by atoms with Crippen LogP contribution < -0.4 is 0 Å². The Morgan fingerprint density at radius 1 is 1.44 bits per heavy atom.